The Labute approximate surface area is 156 Å². The monoisotopic (exact) mass is 372 g/mol. The van der Waals surface area contributed by atoms with Gasteiger partial charge in [-0.1, -0.05) is 18.2 Å². The van der Waals surface area contributed by atoms with Gasteiger partial charge in [0.15, 0.2) is 0 Å². The average Bonchev–Trinajstić information content (AvgIpc) is 3.31. The molecule has 6 heteroatoms. The summed E-state index contributed by atoms with van der Waals surface area (Å²) in [5, 5.41) is 1.90. The second-order valence-electron chi connectivity index (χ2n) is 7.19. The summed E-state index contributed by atoms with van der Waals surface area (Å²) in [5.74, 6) is -0.108. The number of rotatable bonds is 3. The summed E-state index contributed by atoms with van der Waals surface area (Å²) in [5.41, 5.74) is 0.479. The Kier molecular flexibility index (Phi) is 4.53. The predicted octanol–water partition coefficient (Wildman–Crippen LogP) is 3.54. The van der Waals surface area contributed by atoms with E-state index in [2.05, 4.69) is 0 Å². The second-order valence-corrected chi connectivity index (χ2v) is 8.14. The van der Waals surface area contributed by atoms with Crippen LogP contribution in [0.15, 0.2) is 41.8 Å². The highest BCUT2D eigenvalue weighted by Crippen LogP contribution is 2.41. The zero-order valence-electron chi connectivity index (χ0n) is 14.5. The Bertz CT molecular complexity index is 806. The SMILES string of the molecule is O=C(c1cccs1)N1CCC2(CCCN(Cc3ccc(F)cc3)C2=O)C1. The topological polar surface area (TPSA) is 40.6 Å². The number of likely N-dealkylation sites (tertiary alicyclic amines) is 2. The minimum Gasteiger partial charge on any atom is -0.338 e. The molecule has 1 atom stereocenters. The van der Waals surface area contributed by atoms with Crippen molar-refractivity contribution in [2.24, 2.45) is 5.41 Å². The number of benzene rings is 1. The maximum atomic E-state index is 13.2. The van der Waals surface area contributed by atoms with E-state index >= 15 is 0 Å². The highest BCUT2D eigenvalue weighted by atomic mass is 32.1. The Hall–Kier alpha value is -2.21. The number of carbonyl (C=O) groups is 2. The van der Waals surface area contributed by atoms with Gasteiger partial charge in [-0.2, -0.15) is 0 Å². The molecule has 1 aromatic heterocycles. The molecule has 4 nitrogen and oxygen atoms in total. The van der Waals surface area contributed by atoms with Gasteiger partial charge in [-0.3, -0.25) is 9.59 Å². The molecule has 136 valence electrons. The molecule has 2 aliphatic rings. The first-order valence-electron chi connectivity index (χ1n) is 8.94. The summed E-state index contributed by atoms with van der Waals surface area (Å²) < 4.78 is 13.1. The number of carbonyl (C=O) groups excluding carboxylic acids is 2. The summed E-state index contributed by atoms with van der Waals surface area (Å²) in [7, 11) is 0. The van der Waals surface area contributed by atoms with E-state index in [0.717, 1.165) is 36.2 Å². The van der Waals surface area contributed by atoms with Crippen molar-refractivity contribution in [1.82, 2.24) is 9.80 Å². The Morgan fingerprint density at radius 1 is 1.15 bits per heavy atom. The summed E-state index contributed by atoms with van der Waals surface area (Å²) in [6.07, 6.45) is 2.50. The van der Waals surface area contributed by atoms with Gasteiger partial charge in [0.05, 0.1) is 10.3 Å². The van der Waals surface area contributed by atoms with Gasteiger partial charge in [-0.15, -0.1) is 11.3 Å². The molecule has 2 aliphatic heterocycles. The number of halogens is 1. The fraction of sp³-hybridized carbons (Fsp3) is 0.400. The molecule has 0 saturated carbocycles. The summed E-state index contributed by atoms with van der Waals surface area (Å²) in [6, 6.07) is 10.0. The highest BCUT2D eigenvalue weighted by molar-refractivity contribution is 7.12. The van der Waals surface area contributed by atoms with Crippen LogP contribution in [0.1, 0.15) is 34.5 Å². The zero-order valence-corrected chi connectivity index (χ0v) is 15.3. The molecule has 26 heavy (non-hydrogen) atoms. The molecule has 2 saturated heterocycles. The molecule has 2 fully saturated rings. The van der Waals surface area contributed by atoms with E-state index in [9.17, 15) is 14.0 Å². The van der Waals surface area contributed by atoms with E-state index in [4.69, 9.17) is 0 Å². The molecule has 0 radical (unpaired) electrons. The van der Waals surface area contributed by atoms with Crippen molar-refractivity contribution in [1.29, 1.82) is 0 Å². The molecule has 2 aromatic rings. The van der Waals surface area contributed by atoms with Gasteiger partial charge in [-0.05, 0) is 48.4 Å². The average molecular weight is 372 g/mol. The van der Waals surface area contributed by atoms with E-state index < -0.39 is 5.41 Å². The van der Waals surface area contributed by atoms with Gasteiger partial charge in [0.2, 0.25) is 5.91 Å². The molecule has 3 heterocycles. The molecular formula is C20H21FN2O2S. The molecule has 1 spiro atoms. The Morgan fingerprint density at radius 2 is 1.96 bits per heavy atom. The van der Waals surface area contributed by atoms with Crippen LogP contribution in [0, 0.1) is 11.2 Å². The Balaban J connectivity index is 1.47. The van der Waals surface area contributed by atoms with Crippen LogP contribution < -0.4 is 0 Å². The molecule has 1 unspecified atom stereocenters. The first-order chi connectivity index (χ1) is 12.6. The first kappa shape index (κ1) is 17.2. The van der Waals surface area contributed by atoms with Crippen LogP contribution in [0.2, 0.25) is 0 Å². The molecule has 0 N–H and O–H groups in total. The van der Waals surface area contributed by atoms with Gasteiger partial charge in [0.25, 0.3) is 5.91 Å². The lowest BCUT2D eigenvalue weighted by molar-refractivity contribution is -0.146. The summed E-state index contributed by atoms with van der Waals surface area (Å²) in [6.45, 7) is 2.35. The van der Waals surface area contributed by atoms with Crippen molar-refractivity contribution in [3.63, 3.8) is 0 Å². The number of hydrogen-bond donors (Lipinski definition) is 0. The van der Waals surface area contributed by atoms with E-state index in [1.54, 1.807) is 12.1 Å². The van der Waals surface area contributed by atoms with Crippen LogP contribution in [-0.4, -0.2) is 41.2 Å². The van der Waals surface area contributed by atoms with Crippen molar-refractivity contribution in [2.45, 2.75) is 25.8 Å². The van der Waals surface area contributed by atoms with Crippen molar-refractivity contribution >= 4 is 23.2 Å². The van der Waals surface area contributed by atoms with Crippen molar-refractivity contribution in [3.05, 3.63) is 58.0 Å². The van der Waals surface area contributed by atoms with Crippen LogP contribution in [0.4, 0.5) is 4.39 Å². The van der Waals surface area contributed by atoms with E-state index in [1.807, 2.05) is 27.3 Å². The van der Waals surface area contributed by atoms with Crippen LogP contribution in [-0.2, 0) is 11.3 Å². The predicted molar refractivity (Wildman–Crippen MR) is 98.3 cm³/mol. The minimum atomic E-state index is -0.453. The third-order valence-electron chi connectivity index (χ3n) is 5.48. The maximum absolute atomic E-state index is 13.2. The number of piperidine rings is 1. The van der Waals surface area contributed by atoms with Crippen LogP contribution in [0.3, 0.4) is 0 Å². The number of amides is 2. The quantitative estimate of drug-likeness (QED) is 0.827. The summed E-state index contributed by atoms with van der Waals surface area (Å²) in [4.78, 5) is 30.2. The van der Waals surface area contributed by atoms with Crippen LogP contribution in [0.5, 0.6) is 0 Å². The molecule has 2 amide bonds. The van der Waals surface area contributed by atoms with E-state index in [-0.39, 0.29) is 17.6 Å². The molecule has 4 rings (SSSR count). The van der Waals surface area contributed by atoms with Crippen LogP contribution in [0.25, 0.3) is 0 Å². The van der Waals surface area contributed by atoms with Crippen molar-refractivity contribution in [2.75, 3.05) is 19.6 Å². The standard InChI is InChI=1S/C20H21FN2O2S/c21-16-6-4-15(5-7-16)13-22-10-2-8-20(19(22)25)9-11-23(14-20)18(24)17-3-1-12-26-17/h1,3-7,12H,2,8-11,13-14H2. The number of nitrogens with zero attached hydrogens (tertiary/aromatic N) is 2. The first-order valence-corrected chi connectivity index (χ1v) is 9.82. The van der Waals surface area contributed by atoms with Gasteiger partial charge in [-0.25, -0.2) is 4.39 Å². The molecular weight excluding hydrogens is 351 g/mol. The van der Waals surface area contributed by atoms with Crippen molar-refractivity contribution in [3.8, 4) is 0 Å². The summed E-state index contributed by atoms with van der Waals surface area (Å²) >= 11 is 1.44. The minimum absolute atomic E-state index is 0.0281. The lowest BCUT2D eigenvalue weighted by Gasteiger charge is -2.39. The Morgan fingerprint density at radius 3 is 2.69 bits per heavy atom. The largest absolute Gasteiger partial charge is 0.338 e. The number of hydrogen-bond acceptors (Lipinski definition) is 3. The molecule has 0 bridgehead atoms. The molecule has 0 aliphatic carbocycles. The molecule has 1 aromatic carbocycles. The van der Waals surface area contributed by atoms with E-state index in [0.29, 0.717) is 19.6 Å². The normalized spacial score (nSPS) is 23.0. The zero-order chi connectivity index (χ0) is 18.1. The van der Waals surface area contributed by atoms with Gasteiger partial charge < -0.3 is 9.80 Å². The fourth-order valence-corrected chi connectivity index (χ4v) is 4.78. The van der Waals surface area contributed by atoms with Gasteiger partial charge in [0, 0.05) is 26.2 Å². The fourth-order valence-electron chi connectivity index (χ4n) is 4.09. The number of thiophene rings is 1. The third kappa shape index (κ3) is 3.14. The van der Waals surface area contributed by atoms with E-state index in [1.165, 1.54) is 23.5 Å². The second kappa shape index (κ2) is 6.83. The van der Waals surface area contributed by atoms with Gasteiger partial charge in [0.1, 0.15) is 5.82 Å². The van der Waals surface area contributed by atoms with Gasteiger partial charge >= 0.3 is 0 Å². The lowest BCUT2D eigenvalue weighted by Crippen LogP contribution is -2.50. The van der Waals surface area contributed by atoms with Crippen molar-refractivity contribution < 1.29 is 14.0 Å². The maximum Gasteiger partial charge on any atom is 0.263 e. The van der Waals surface area contributed by atoms with Crippen LogP contribution >= 0.6 is 11.3 Å². The smallest absolute Gasteiger partial charge is 0.263 e. The third-order valence-corrected chi connectivity index (χ3v) is 6.34. The highest BCUT2D eigenvalue weighted by Gasteiger charge is 2.49. The lowest BCUT2D eigenvalue weighted by atomic mass is 9.78.